The van der Waals surface area contributed by atoms with Crippen LogP contribution in [0.1, 0.15) is 21.8 Å². The first kappa shape index (κ1) is 14.6. The van der Waals surface area contributed by atoms with E-state index < -0.39 is 11.9 Å². The minimum Gasteiger partial charge on any atom is -0.486 e. The number of para-hydroxylation sites is 2. The van der Waals surface area contributed by atoms with Crippen LogP contribution in [0.3, 0.4) is 0 Å². The molecule has 0 bridgehead atoms. The number of amides is 1. The van der Waals surface area contributed by atoms with Crippen LogP contribution in [0.4, 0.5) is 5.69 Å². The second-order valence-corrected chi connectivity index (χ2v) is 5.70. The van der Waals surface area contributed by atoms with Crippen molar-refractivity contribution >= 4 is 17.6 Å². The summed E-state index contributed by atoms with van der Waals surface area (Å²) >= 11 is 0. The summed E-state index contributed by atoms with van der Waals surface area (Å²) in [6.07, 6.45) is 0. The molecule has 2 aliphatic heterocycles. The van der Waals surface area contributed by atoms with Crippen LogP contribution >= 0.6 is 0 Å². The molecule has 2 aliphatic rings. The van der Waals surface area contributed by atoms with Gasteiger partial charge in [-0.25, -0.2) is 0 Å². The molecule has 0 spiro atoms. The van der Waals surface area contributed by atoms with Crippen molar-refractivity contribution in [2.24, 2.45) is 0 Å². The quantitative estimate of drug-likeness (QED) is 0.917. The van der Waals surface area contributed by atoms with E-state index in [1.165, 1.54) is 4.90 Å². The van der Waals surface area contributed by atoms with Crippen LogP contribution in [0.15, 0.2) is 42.5 Å². The van der Waals surface area contributed by atoms with Gasteiger partial charge in [0.15, 0.2) is 11.5 Å². The Balaban J connectivity index is 1.75. The molecule has 4 rings (SSSR count). The maximum absolute atomic E-state index is 13.0. The standard InChI is InChI=1S/C18H15NO5/c20-17(12-5-3-7-15-16(12)24-9-8-23-15)19-10-13(18(21)22)11-4-1-2-6-14(11)19/h1-7,13H,8-10H2,(H,21,22)/t13-/m0/s1. The summed E-state index contributed by atoms with van der Waals surface area (Å²) in [7, 11) is 0. The van der Waals surface area contributed by atoms with Crippen LogP contribution < -0.4 is 14.4 Å². The second kappa shape index (κ2) is 5.56. The monoisotopic (exact) mass is 325 g/mol. The maximum Gasteiger partial charge on any atom is 0.312 e. The molecule has 1 N–H and O–H groups in total. The number of ether oxygens (including phenoxy) is 2. The Labute approximate surface area is 138 Å². The fourth-order valence-corrected chi connectivity index (χ4v) is 3.20. The SMILES string of the molecule is O=C(O)[C@H]1CN(C(=O)c2cccc3c2OCCO3)c2ccccc21. The van der Waals surface area contributed by atoms with E-state index in [-0.39, 0.29) is 12.5 Å². The number of hydrogen-bond acceptors (Lipinski definition) is 4. The number of benzene rings is 2. The third-order valence-electron chi connectivity index (χ3n) is 4.31. The molecule has 2 heterocycles. The molecule has 1 amide bonds. The van der Waals surface area contributed by atoms with Gasteiger partial charge in [0.2, 0.25) is 0 Å². The zero-order chi connectivity index (χ0) is 16.7. The largest absolute Gasteiger partial charge is 0.486 e. The Hall–Kier alpha value is -3.02. The highest BCUT2D eigenvalue weighted by Crippen LogP contribution is 2.40. The van der Waals surface area contributed by atoms with Gasteiger partial charge in [0.1, 0.15) is 19.1 Å². The summed E-state index contributed by atoms with van der Waals surface area (Å²) in [5, 5.41) is 9.44. The number of fused-ring (bicyclic) bond motifs is 2. The molecular weight excluding hydrogens is 310 g/mol. The number of carbonyl (C=O) groups excluding carboxylic acids is 1. The van der Waals surface area contributed by atoms with Crippen molar-refractivity contribution in [1.29, 1.82) is 0 Å². The van der Waals surface area contributed by atoms with E-state index in [1.54, 1.807) is 42.5 Å². The van der Waals surface area contributed by atoms with Crippen molar-refractivity contribution in [3.63, 3.8) is 0 Å². The van der Waals surface area contributed by atoms with Gasteiger partial charge in [0.05, 0.1) is 5.56 Å². The molecule has 1 atom stereocenters. The van der Waals surface area contributed by atoms with Gasteiger partial charge < -0.3 is 19.5 Å². The van der Waals surface area contributed by atoms with E-state index in [0.29, 0.717) is 41.5 Å². The van der Waals surface area contributed by atoms with Gasteiger partial charge in [0, 0.05) is 12.2 Å². The summed E-state index contributed by atoms with van der Waals surface area (Å²) < 4.78 is 11.1. The molecule has 0 saturated carbocycles. The number of anilines is 1. The fourth-order valence-electron chi connectivity index (χ4n) is 3.20. The van der Waals surface area contributed by atoms with Gasteiger partial charge in [0.25, 0.3) is 5.91 Å². The molecule has 6 nitrogen and oxygen atoms in total. The summed E-state index contributed by atoms with van der Waals surface area (Å²) in [6, 6.07) is 12.3. The van der Waals surface area contributed by atoms with Gasteiger partial charge >= 0.3 is 5.97 Å². The lowest BCUT2D eigenvalue weighted by molar-refractivity contribution is -0.138. The fraction of sp³-hybridized carbons (Fsp3) is 0.222. The minimum absolute atomic E-state index is 0.109. The van der Waals surface area contributed by atoms with Crippen LogP contribution in [-0.2, 0) is 4.79 Å². The van der Waals surface area contributed by atoms with E-state index in [0.717, 1.165) is 0 Å². The van der Waals surface area contributed by atoms with Crippen LogP contribution in [0.2, 0.25) is 0 Å². The molecule has 0 fully saturated rings. The van der Waals surface area contributed by atoms with Crippen molar-refractivity contribution in [3.05, 3.63) is 53.6 Å². The van der Waals surface area contributed by atoms with Crippen molar-refractivity contribution in [1.82, 2.24) is 0 Å². The first-order valence-electron chi connectivity index (χ1n) is 7.69. The predicted molar refractivity (Wildman–Crippen MR) is 85.9 cm³/mol. The molecule has 0 radical (unpaired) electrons. The molecule has 0 saturated heterocycles. The Morgan fingerprint density at radius 3 is 2.67 bits per heavy atom. The molecule has 0 aliphatic carbocycles. The Bertz CT molecular complexity index is 832. The van der Waals surface area contributed by atoms with Crippen molar-refractivity contribution in [2.45, 2.75) is 5.92 Å². The molecule has 2 aromatic rings. The van der Waals surface area contributed by atoms with Crippen LogP contribution in [0, 0.1) is 0 Å². The zero-order valence-electron chi connectivity index (χ0n) is 12.8. The lowest BCUT2D eigenvalue weighted by atomic mass is 10.0. The van der Waals surface area contributed by atoms with Crippen LogP contribution in [0.5, 0.6) is 11.5 Å². The van der Waals surface area contributed by atoms with Gasteiger partial charge in [-0.15, -0.1) is 0 Å². The lowest BCUT2D eigenvalue weighted by Crippen LogP contribution is -2.32. The topological polar surface area (TPSA) is 76.1 Å². The number of hydrogen-bond donors (Lipinski definition) is 1. The first-order valence-corrected chi connectivity index (χ1v) is 7.69. The molecule has 0 aromatic heterocycles. The Kier molecular flexibility index (Phi) is 3.37. The smallest absolute Gasteiger partial charge is 0.312 e. The van der Waals surface area contributed by atoms with Crippen LogP contribution in [0.25, 0.3) is 0 Å². The summed E-state index contributed by atoms with van der Waals surface area (Å²) in [5.41, 5.74) is 1.66. The van der Waals surface area contributed by atoms with E-state index in [4.69, 9.17) is 9.47 Å². The van der Waals surface area contributed by atoms with Gasteiger partial charge in [-0.2, -0.15) is 0 Å². The van der Waals surface area contributed by atoms with E-state index in [1.807, 2.05) is 0 Å². The highest BCUT2D eigenvalue weighted by atomic mass is 16.6. The lowest BCUT2D eigenvalue weighted by Gasteiger charge is -2.23. The molecule has 24 heavy (non-hydrogen) atoms. The molecular formula is C18H15NO5. The third kappa shape index (κ3) is 2.19. The second-order valence-electron chi connectivity index (χ2n) is 5.70. The highest BCUT2D eigenvalue weighted by Gasteiger charge is 2.37. The van der Waals surface area contributed by atoms with E-state index in [9.17, 15) is 14.7 Å². The number of rotatable bonds is 2. The molecule has 122 valence electrons. The average molecular weight is 325 g/mol. The van der Waals surface area contributed by atoms with Crippen molar-refractivity contribution in [2.75, 3.05) is 24.7 Å². The normalized spacial score (nSPS) is 18.2. The van der Waals surface area contributed by atoms with E-state index in [2.05, 4.69) is 0 Å². The predicted octanol–water partition coefficient (Wildman–Crippen LogP) is 2.29. The Morgan fingerprint density at radius 2 is 1.83 bits per heavy atom. The summed E-state index contributed by atoms with van der Waals surface area (Å²) in [4.78, 5) is 26.1. The summed E-state index contributed by atoms with van der Waals surface area (Å²) in [6.45, 7) is 0.932. The van der Waals surface area contributed by atoms with Gasteiger partial charge in [-0.1, -0.05) is 24.3 Å². The van der Waals surface area contributed by atoms with Crippen LogP contribution in [-0.4, -0.2) is 36.7 Å². The highest BCUT2D eigenvalue weighted by molar-refractivity contribution is 6.10. The first-order chi connectivity index (χ1) is 11.7. The number of aliphatic carboxylic acids is 1. The molecule has 6 heteroatoms. The van der Waals surface area contributed by atoms with Crippen molar-refractivity contribution < 1.29 is 24.2 Å². The number of carbonyl (C=O) groups is 2. The maximum atomic E-state index is 13.0. The van der Waals surface area contributed by atoms with Crippen molar-refractivity contribution in [3.8, 4) is 11.5 Å². The minimum atomic E-state index is -0.938. The average Bonchev–Trinajstić information content (AvgIpc) is 3.00. The molecule has 2 aromatic carbocycles. The van der Waals surface area contributed by atoms with E-state index >= 15 is 0 Å². The zero-order valence-corrected chi connectivity index (χ0v) is 12.8. The number of carboxylic acid groups (broad SMARTS) is 1. The van der Waals surface area contributed by atoms with Gasteiger partial charge in [-0.05, 0) is 23.8 Å². The van der Waals surface area contributed by atoms with Gasteiger partial charge in [-0.3, -0.25) is 9.59 Å². The number of carboxylic acids is 1. The third-order valence-corrected chi connectivity index (χ3v) is 4.31. The Morgan fingerprint density at radius 1 is 1.04 bits per heavy atom. The molecule has 0 unspecified atom stereocenters. The number of nitrogens with zero attached hydrogens (tertiary/aromatic N) is 1. The summed E-state index contributed by atoms with van der Waals surface area (Å²) in [5.74, 6) is -0.984.